The summed E-state index contributed by atoms with van der Waals surface area (Å²) in [6.45, 7) is 5.57. The normalized spacial score (nSPS) is 15.6. The van der Waals surface area contributed by atoms with E-state index in [1.54, 1.807) is 0 Å². The average Bonchev–Trinajstić information content (AvgIpc) is 2.61. The Kier molecular flexibility index (Phi) is 5.54. The first-order chi connectivity index (χ1) is 11.3. The lowest BCUT2D eigenvalue weighted by molar-refractivity contribution is 0.313. The van der Waals surface area contributed by atoms with Crippen molar-refractivity contribution < 1.29 is 0 Å². The monoisotopic (exact) mass is 309 g/mol. The van der Waals surface area contributed by atoms with E-state index >= 15 is 0 Å². The summed E-state index contributed by atoms with van der Waals surface area (Å²) in [5, 5.41) is 3.53. The van der Waals surface area contributed by atoms with Gasteiger partial charge in [0.25, 0.3) is 0 Å². The minimum absolute atomic E-state index is 1.02. The first kappa shape index (κ1) is 15.9. The quantitative estimate of drug-likeness (QED) is 0.824. The van der Waals surface area contributed by atoms with E-state index in [4.69, 9.17) is 0 Å². The molecule has 1 aliphatic rings. The van der Waals surface area contributed by atoms with Crippen molar-refractivity contribution in [3.05, 3.63) is 60.2 Å². The Labute approximate surface area is 139 Å². The maximum Gasteiger partial charge on any atom is 0.0368 e. The van der Waals surface area contributed by atoms with Crippen LogP contribution in [0.2, 0.25) is 0 Å². The summed E-state index contributed by atoms with van der Waals surface area (Å²) >= 11 is 0. The van der Waals surface area contributed by atoms with Crippen molar-refractivity contribution in [2.45, 2.75) is 12.8 Å². The molecule has 1 aliphatic heterocycles. The van der Waals surface area contributed by atoms with Gasteiger partial charge in [-0.2, -0.15) is 0 Å². The van der Waals surface area contributed by atoms with E-state index in [0.29, 0.717) is 0 Å². The topological polar surface area (TPSA) is 18.5 Å². The predicted molar refractivity (Wildman–Crippen MR) is 99.4 cm³/mol. The highest BCUT2D eigenvalue weighted by molar-refractivity contribution is 5.55. The molecule has 0 bridgehead atoms. The average molecular weight is 309 g/mol. The van der Waals surface area contributed by atoms with Crippen LogP contribution in [0, 0.1) is 0 Å². The zero-order valence-corrected chi connectivity index (χ0v) is 14.0. The van der Waals surface area contributed by atoms with Crippen molar-refractivity contribution in [3.8, 4) is 0 Å². The number of hydrogen-bond acceptors (Lipinski definition) is 3. The van der Waals surface area contributed by atoms with Crippen molar-refractivity contribution in [2.75, 3.05) is 50.0 Å². The van der Waals surface area contributed by atoms with E-state index in [9.17, 15) is 0 Å². The molecular weight excluding hydrogens is 282 g/mol. The fraction of sp³-hybridized carbons (Fsp3) is 0.400. The predicted octanol–water partition coefficient (Wildman–Crippen LogP) is 3.48. The molecule has 0 radical (unpaired) electrons. The Morgan fingerprint density at radius 3 is 2.26 bits per heavy atom. The molecule has 3 heteroatoms. The maximum absolute atomic E-state index is 3.53. The third-order valence-electron chi connectivity index (χ3n) is 4.55. The largest absolute Gasteiger partial charge is 0.385 e. The lowest BCUT2D eigenvalue weighted by Gasteiger charge is -2.34. The molecular formula is C20H27N3. The molecule has 1 heterocycles. The Morgan fingerprint density at radius 2 is 1.57 bits per heavy atom. The summed E-state index contributed by atoms with van der Waals surface area (Å²) in [5.41, 5.74) is 3.98. The summed E-state index contributed by atoms with van der Waals surface area (Å²) in [4.78, 5) is 4.86. The number of piperazine rings is 1. The summed E-state index contributed by atoms with van der Waals surface area (Å²) in [5.74, 6) is 0. The van der Waals surface area contributed by atoms with E-state index in [2.05, 4.69) is 76.8 Å². The Bertz CT molecular complexity index is 572. The van der Waals surface area contributed by atoms with E-state index in [1.165, 1.54) is 16.9 Å². The number of rotatable bonds is 6. The van der Waals surface area contributed by atoms with Gasteiger partial charge in [0.05, 0.1) is 0 Å². The molecule has 3 rings (SSSR count). The lowest BCUT2D eigenvalue weighted by atomic mass is 10.1. The molecule has 0 atom stereocenters. The number of aryl methyl sites for hydroxylation is 1. The van der Waals surface area contributed by atoms with Gasteiger partial charge in [-0.3, -0.25) is 0 Å². The van der Waals surface area contributed by atoms with Gasteiger partial charge in [-0.15, -0.1) is 0 Å². The SMILES string of the molecule is CN1CCN(c2ccc(NCCCc3ccccc3)cc2)CC1. The van der Waals surface area contributed by atoms with E-state index < -0.39 is 0 Å². The van der Waals surface area contributed by atoms with Crippen LogP contribution in [0.4, 0.5) is 11.4 Å². The van der Waals surface area contributed by atoms with Crippen molar-refractivity contribution in [3.63, 3.8) is 0 Å². The van der Waals surface area contributed by atoms with Gasteiger partial charge in [-0.25, -0.2) is 0 Å². The highest BCUT2D eigenvalue weighted by Gasteiger charge is 2.13. The van der Waals surface area contributed by atoms with Gasteiger partial charge in [0.2, 0.25) is 0 Å². The molecule has 23 heavy (non-hydrogen) atoms. The molecule has 0 aliphatic carbocycles. The second-order valence-corrected chi connectivity index (χ2v) is 6.35. The molecule has 1 fully saturated rings. The molecule has 0 saturated carbocycles. The van der Waals surface area contributed by atoms with Crippen LogP contribution in [0.3, 0.4) is 0 Å². The zero-order chi connectivity index (χ0) is 15.9. The molecule has 1 saturated heterocycles. The van der Waals surface area contributed by atoms with Gasteiger partial charge in [-0.05, 0) is 49.7 Å². The Balaban J connectivity index is 1.42. The molecule has 122 valence electrons. The first-order valence-corrected chi connectivity index (χ1v) is 8.62. The van der Waals surface area contributed by atoms with Gasteiger partial charge >= 0.3 is 0 Å². The molecule has 3 nitrogen and oxygen atoms in total. The molecule has 2 aromatic carbocycles. The zero-order valence-electron chi connectivity index (χ0n) is 14.0. The van der Waals surface area contributed by atoms with Crippen LogP contribution in [0.15, 0.2) is 54.6 Å². The van der Waals surface area contributed by atoms with Crippen molar-refractivity contribution in [1.29, 1.82) is 0 Å². The highest BCUT2D eigenvalue weighted by Crippen LogP contribution is 2.19. The Hall–Kier alpha value is -2.00. The van der Waals surface area contributed by atoms with Gasteiger partial charge in [0.1, 0.15) is 0 Å². The summed E-state index contributed by atoms with van der Waals surface area (Å²) in [7, 11) is 2.19. The number of benzene rings is 2. The molecule has 2 aromatic rings. The Morgan fingerprint density at radius 1 is 0.870 bits per heavy atom. The third kappa shape index (κ3) is 4.73. The van der Waals surface area contributed by atoms with E-state index in [1.807, 2.05) is 0 Å². The third-order valence-corrected chi connectivity index (χ3v) is 4.55. The number of nitrogens with one attached hydrogen (secondary N) is 1. The van der Waals surface area contributed by atoms with Crippen LogP contribution in [0.5, 0.6) is 0 Å². The standard InChI is InChI=1S/C20H27N3/c1-22-14-16-23(17-15-22)20-11-9-19(10-12-20)21-13-5-8-18-6-3-2-4-7-18/h2-4,6-7,9-12,21H,5,8,13-17H2,1H3. The number of hydrogen-bond donors (Lipinski definition) is 1. The van der Waals surface area contributed by atoms with Crippen molar-refractivity contribution in [1.82, 2.24) is 4.90 Å². The minimum atomic E-state index is 1.02. The van der Waals surface area contributed by atoms with Gasteiger partial charge in [-0.1, -0.05) is 30.3 Å². The fourth-order valence-electron chi connectivity index (χ4n) is 3.02. The number of anilines is 2. The van der Waals surface area contributed by atoms with Gasteiger partial charge < -0.3 is 15.1 Å². The molecule has 0 spiro atoms. The summed E-state index contributed by atoms with van der Waals surface area (Å²) in [6.07, 6.45) is 2.29. The lowest BCUT2D eigenvalue weighted by Crippen LogP contribution is -2.44. The van der Waals surface area contributed by atoms with Gasteiger partial charge in [0.15, 0.2) is 0 Å². The smallest absolute Gasteiger partial charge is 0.0368 e. The second-order valence-electron chi connectivity index (χ2n) is 6.35. The summed E-state index contributed by atoms with van der Waals surface area (Å²) in [6, 6.07) is 19.6. The highest BCUT2D eigenvalue weighted by atomic mass is 15.2. The number of nitrogens with zero attached hydrogens (tertiary/aromatic N) is 2. The number of likely N-dealkylation sites (N-methyl/N-ethyl adjacent to an activating group) is 1. The van der Waals surface area contributed by atoms with Crippen LogP contribution < -0.4 is 10.2 Å². The van der Waals surface area contributed by atoms with Crippen LogP contribution in [0.1, 0.15) is 12.0 Å². The van der Waals surface area contributed by atoms with Gasteiger partial charge in [0, 0.05) is 44.1 Å². The summed E-state index contributed by atoms with van der Waals surface area (Å²) < 4.78 is 0. The maximum atomic E-state index is 3.53. The molecule has 0 unspecified atom stereocenters. The van der Waals surface area contributed by atoms with Crippen LogP contribution in [-0.2, 0) is 6.42 Å². The van der Waals surface area contributed by atoms with Crippen LogP contribution in [0.25, 0.3) is 0 Å². The van der Waals surface area contributed by atoms with Crippen LogP contribution in [-0.4, -0.2) is 44.7 Å². The van der Waals surface area contributed by atoms with Crippen LogP contribution >= 0.6 is 0 Å². The van der Waals surface area contributed by atoms with E-state index in [0.717, 1.165) is 45.6 Å². The van der Waals surface area contributed by atoms with Crippen molar-refractivity contribution >= 4 is 11.4 Å². The second kappa shape index (κ2) is 8.02. The fourth-order valence-corrected chi connectivity index (χ4v) is 3.02. The first-order valence-electron chi connectivity index (χ1n) is 8.62. The minimum Gasteiger partial charge on any atom is -0.385 e. The molecule has 0 aromatic heterocycles. The van der Waals surface area contributed by atoms with E-state index in [-0.39, 0.29) is 0 Å². The molecule has 1 N–H and O–H groups in total. The van der Waals surface area contributed by atoms with Crippen molar-refractivity contribution in [2.24, 2.45) is 0 Å². The molecule has 0 amide bonds.